The molecular weight excluding hydrogens is 429 g/mol. The molecule has 5 nitrogen and oxygen atoms in total. The van der Waals surface area contributed by atoms with Crippen LogP contribution in [0, 0.1) is 6.92 Å². The van der Waals surface area contributed by atoms with Gasteiger partial charge in [-0.05, 0) is 55.0 Å². The summed E-state index contributed by atoms with van der Waals surface area (Å²) in [5, 5.41) is 8.67. The van der Waals surface area contributed by atoms with Crippen molar-refractivity contribution in [2.24, 2.45) is 0 Å². The first-order valence-electron chi connectivity index (χ1n) is 7.85. The van der Waals surface area contributed by atoms with E-state index in [2.05, 4.69) is 16.0 Å². The van der Waals surface area contributed by atoms with Crippen molar-refractivity contribution in [2.45, 2.75) is 16.9 Å². The largest absolute Gasteiger partial charge is 0.497 e. The van der Waals surface area contributed by atoms with Crippen LogP contribution in [0.3, 0.4) is 0 Å². The van der Waals surface area contributed by atoms with E-state index in [0.29, 0.717) is 11.3 Å². The molecule has 0 aliphatic heterocycles. The van der Waals surface area contributed by atoms with Gasteiger partial charge in [0.05, 0.1) is 7.11 Å². The van der Waals surface area contributed by atoms with Gasteiger partial charge in [0.2, 0.25) is 3.79 Å². The Morgan fingerprint density at radius 1 is 1.07 bits per heavy atom. The monoisotopic (exact) mass is 445 g/mol. The number of aryl methyl sites for hydroxylation is 1. The van der Waals surface area contributed by atoms with Crippen molar-refractivity contribution < 1.29 is 9.53 Å². The van der Waals surface area contributed by atoms with Crippen LogP contribution in [0.2, 0.25) is 0 Å². The number of nitrogens with one attached hydrogen (secondary N) is 3. The second-order valence-corrected chi connectivity index (χ2v) is 8.37. The van der Waals surface area contributed by atoms with Gasteiger partial charge in [0.15, 0.2) is 5.11 Å². The third kappa shape index (κ3) is 6.43. The van der Waals surface area contributed by atoms with Gasteiger partial charge in [-0.3, -0.25) is 4.79 Å². The van der Waals surface area contributed by atoms with E-state index in [1.807, 2.05) is 31.2 Å². The molecule has 0 spiro atoms. The minimum atomic E-state index is -1.83. The molecule has 0 saturated carbocycles. The maximum absolute atomic E-state index is 12.5. The Balaban J connectivity index is 2.07. The van der Waals surface area contributed by atoms with E-state index in [-0.39, 0.29) is 5.11 Å². The van der Waals surface area contributed by atoms with Crippen LogP contribution < -0.4 is 20.7 Å². The highest BCUT2D eigenvalue weighted by molar-refractivity contribution is 7.80. The highest BCUT2D eigenvalue weighted by Crippen LogP contribution is 2.29. The van der Waals surface area contributed by atoms with Crippen LogP contribution in [-0.4, -0.2) is 28.1 Å². The van der Waals surface area contributed by atoms with Gasteiger partial charge < -0.3 is 20.7 Å². The van der Waals surface area contributed by atoms with E-state index >= 15 is 0 Å². The second kappa shape index (κ2) is 9.46. The zero-order valence-corrected chi connectivity index (χ0v) is 17.6. The first-order chi connectivity index (χ1) is 12.7. The average Bonchev–Trinajstić information content (AvgIpc) is 2.62. The number of rotatable bonds is 5. The number of alkyl halides is 3. The van der Waals surface area contributed by atoms with Crippen molar-refractivity contribution in [3.8, 4) is 5.75 Å². The number of thiocarbonyl (C=S) groups is 1. The number of carbonyl (C=O) groups excluding carboxylic acids is 1. The van der Waals surface area contributed by atoms with Crippen LogP contribution in [0.4, 0.5) is 5.69 Å². The number of para-hydroxylation sites is 1. The minimum absolute atomic E-state index is 0.204. The summed E-state index contributed by atoms with van der Waals surface area (Å²) in [5.74, 6) is 0.200. The maximum atomic E-state index is 12.5. The lowest BCUT2D eigenvalue weighted by Crippen LogP contribution is -2.56. The first kappa shape index (κ1) is 21.6. The Labute approximate surface area is 178 Å². The normalized spacial score (nSPS) is 12.0. The molecule has 9 heteroatoms. The molecule has 0 aliphatic rings. The fourth-order valence-corrected chi connectivity index (χ4v) is 2.71. The number of ether oxygens (including phenoxy) is 1. The number of anilines is 1. The summed E-state index contributed by atoms with van der Waals surface area (Å²) in [6, 6.07) is 14.1. The van der Waals surface area contributed by atoms with Crippen molar-refractivity contribution in [2.75, 3.05) is 12.4 Å². The van der Waals surface area contributed by atoms with E-state index in [1.165, 1.54) is 0 Å². The molecule has 144 valence electrons. The summed E-state index contributed by atoms with van der Waals surface area (Å²) in [6.45, 7) is 1.93. The Bertz CT molecular complexity index is 810. The molecule has 0 radical (unpaired) electrons. The zero-order chi connectivity index (χ0) is 20.0. The molecule has 0 heterocycles. The zero-order valence-electron chi connectivity index (χ0n) is 14.6. The molecule has 0 aromatic heterocycles. The van der Waals surface area contributed by atoms with Gasteiger partial charge in [-0.15, -0.1) is 0 Å². The summed E-state index contributed by atoms with van der Waals surface area (Å²) >= 11 is 23.3. The number of halogens is 3. The first-order valence-corrected chi connectivity index (χ1v) is 9.39. The third-order valence-corrected chi connectivity index (χ3v) is 4.50. The Morgan fingerprint density at radius 3 is 2.26 bits per heavy atom. The van der Waals surface area contributed by atoms with E-state index in [9.17, 15) is 4.79 Å². The molecule has 0 unspecified atom stereocenters. The van der Waals surface area contributed by atoms with Gasteiger partial charge >= 0.3 is 0 Å². The molecule has 2 aromatic rings. The van der Waals surface area contributed by atoms with Gasteiger partial charge in [0.25, 0.3) is 5.91 Å². The average molecular weight is 447 g/mol. The van der Waals surface area contributed by atoms with E-state index in [1.54, 1.807) is 31.4 Å². The van der Waals surface area contributed by atoms with Crippen LogP contribution in [0.1, 0.15) is 15.9 Å². The molecule has 27 heavy (non-hydrogen) atoms. The van der Waals surface area contributed by atoms with E-state index in [4.69, 9.17) is 51.8 Å². The quantitative estimate of drug-likeness (QED) is 0.361. The summed E-state index contributed by atoms with van der Waals surface area (Å²) in [6.07, 6.45) is -1.05. The molecule has 0 aliphatic carbocycles. The predicted octanol–water partition coefficient (Wildman–Crippen LogP) is 4.42. The summed E-state index contributed by atoms with van der Waals surface area (Å²) < 4.78 is 3.24. The van der Waals surface area contributed by atoms with Gasteiger partial charge in [-0.2, -0.15) is 0 Å². The van der Waals surface area contributed by atoms with Crippen molar-refractivity contribution >= 4 is 63.7 Å². The third-order valence-electron chi connectivity index (χ3n) is 3.62. The predicted molar refractivity (Wildman–Crippen MR) is 115 cm³/mol. The highest BCUT2D eigenvalue weighted by Gasteiger charge is 2.35. The molecule has 0 saturated heterocycles. The fourth-order valence-electron chi connectivity index (χ4n) is 2.16. The number of carbonyl (C=O) groups is 1. The van der Waals surface area contributed by atoms with Crippen LogP contribution >= 0.6 is 47.0 Å². The maximum Gasteiger partial charge on any atom is 0.252 e. The summed E-state index contributed by atoms with van der Waals surface area (Å²) in [4.78, 5) is 12.5. The molecule has 1 amide bonds. The lowest BCUT2D eigenvalue weighted by atomic mass is 10.2. The van der Waals surface area contributed by atoms with Crippen LogP contribution in [0.25, 0.3) is 0 Å². The molecule has 2 rings (SSSR count). The molecule has 0 bridgehead atoms. The summed E-state index contributed by atoms with van der Waals surface area (Å²) in [7, 11) is 1.54. The van der Waals surface area contributed by atoms with Gasteiger partial charge in [0, 0.05) is 11.3 Å². The highest BCUT2D eigenvalue weighted by atomic mass is 35.6. The lowest BCUT2D eigenvalue weighted by molar-refractivity contribution is 0.0934. The lowest BCUT2D eigenvalue weighted by Gasteiger charge is -2.28. The van der Waals surface area contributed by atoms with E-state index < -0.39 is 15.9 Å². The van der Waals surface area contributed by atoms with E-state index in [0.717, 1.165) is 11.3 Å². The van der Waals surface area contributed by atoms with Gasteiger partial charge in [0.1, 0.15) is 11.9 Å². The van der Waals surface area contributed by atoms with Crippen molar-refractivity contribution in [3.63, 3.8) is 0 Å². The van der Waals surface area contributed by atoms with Crippen molar-refractivity contribution in [3.05, 3.63) is 59.7 Å². The van der Waals surface area contributed by atoms with Crippen LogP contribution in [-0.2, 0) is 0 Å². The van der Waals surface area contributed by atoms with Crippen molar-refractivity contribution in [1.29, 1.82) is 0 Å². The standard InChI is InChI=1S/C18H18Cl3N3O2S/c1-11-5-3-4-6-14(11)22-17(27)24-16(18(19,20)21)23-15(25)12-7-9-13(26-2)10-8-12/h3-10,16H,1-2H3,(H,23,25)(H2,22,24,27)/t16-/m1/s1. The fraction of sp³-hybridized carbons (Fsp3) is 0.222. The molecular formula is C18H18Cl3N3O2S. The SMILES string of the molecule is COc1ccc(C(=O)N[C@H](NC(=S)Nc2ccccc2C)C(Cl)(Cl)Cl)cc1. The van der Waals surface area contributed by atoms with Gasteiger partial charge in [-0.25, -0.2) is 0 Å². The Morgan fingerprint density at radius 2 is 1.70 bits per heavy atom. The van der Waals surface area contributed by atoms with Crippen LogP contribution in [0.5, 0.6) is 5.75 Å². The topological polar surface area (TPSA) is 62.4 Å². The smallest absolute Gasteiger partial charge is 0.252 e. The molecule has 1 atom stereocenters. The Kier molecular flexibility index (Phi) is 7.56. The summed E-state index contributed by atoms with van der Waals surface area (Å²) in [5.41, 5.74) is 2.18. The second-order valence-electron chi connectivity index (χ2n) is 5.59. The van der Waals surface area contributed by atoms with Crippen LogP contribution in [0.15, 0.2) is 48.5 Å². The van der Waals surface area contributed by atoms with Gasteiger partial charge in [-0.1, -0.05) is 53.0 Å². The van der Waals surface area contributed by atoms with Crippen molar-refractivity contribution in [1.82, 2.24) is 10.6 Å². The minimum Gasteiger partial charge on any atom is -0.497 e. The molecule has 3 N–H and O–H groups in total. The number of amides is 1. The molecule has 2 aromatic carbocycles. The Hall–Kier alpha value is -1.73. The number of hydrogen-bond acceptors (Lipinski definition) is 3. The molecule has 0 fully saturated rings. The number of benzene rings is 2. The number of methoxy groups -OCH3 is 1. The number of hydrogen-bond donors (Lipinski definition) is 3.